The van der Waals surface area contributed by atoms with Crippen LogP contribution in [0.5, 0.6) is 0 Å². The summed E-state index contributed by atoms with van der Waals surface area (Å²) in [7, 11) is 0. The molecule has 5 rings (SSSR count). The van der Waals surface area contributed by atoms with Gasteiger partial charge in [-0.25, -0.2) is 0 Å². The first kappa shape index (κ1) is 13.9. The molecule has 4 heteroatoms. The zero-order valence-electron chi connectivity index (χ0n) is 13.0. The van der Waals surface area contributed by atoms with E-state index >= 15 is 0 Å². The monoisotopic (exact) mass is 333 g/mol. The predicted molar refractivity (Wildman–Crippen MR) is 93.8 cm³/mol. The number of rotatable bonds is 1. The number of thiophene rings is 1. The van der Waals surface area contributed by atoms with Crippen LogP contribution in [0.3, 0.4) is 0 Å². The lowest BCUT2D eigenvalue weighted by Crippen LogP contribution is -2.31. The van der Waals surface area contributed by atoms with Gasteiger partial charge in [0.25, 0.3) is 0 Å². The highest BCUT2D eigenvalue weighted by atomic mass is 32.1. The Hall–Kier alpha value is -2.46. The van der Waals surface area contributed by atoms with E-state index in [1.54, 1.807) is 11.3 Å². The van der Waals surface area contributed by atoms with E-state index in [1.807, 2.05) is 41.8 Å². The topological polar surface area (TPSA) is 46.2 Å². The fourth-order valence-corrected chi connectivity index (χ4v) is 4.92. The molecule has 0 saturated carbocycles. The highest BCUT2D eigenvalue weighted by Gasteiger charge is 2.43. The molecule has 1 N–H and O–H groups in total. The van der Waals surface area contributed by atoms with Crippen LogP contribution in [0, 0.1) is 0 Å². The van der Waals surface area contributed by atoms with E-state index in [2.05, 4.69) is 5.32 Å². The van der Waals surface area contributed by atoms with Gasteiger partial charge in [0.1, 0.15) is 0 Å². The van der Waals surface area contributed by atoms with Crippen molar-refractivity contribution in [2.75, 3.05) is 0 Å². The van der Waals surface area contributed by atoms with Crippen LogP contribution in [0.1, 0.15) is 46.0 Å². The van der Waals surface area contributed by atoms with Crippen LogP contribution >= 0.6 is 11.3 Å². The second-order valence-electron chi connectivity index (χ2n) is 6.41. The van der Waals surface area contributed by atoms with Crippen molar-refractivity contribution in [3.05, 3.63) is 74.6 Å². The molecule has 1 aromatic heterocycles. The van der Waals surface area contributed by atoms with E-state index < -0.39 is 0 Å². The van der Waals surface area contributed by atoms with Gasteiger partial charge in [-0.1, -0.05) is 30.3 Å². The van der Waals surface area contributed by atoms with Gasteiger partial charge in [-0.05, 0) is 24.3 Å². The summed E-state index contributed by atoms with van der Waals surface area (Å²) in [6.07, 6.45) is 2.32. The number of benzene rings is 1. The zero-order valence-corrected chi connectivity index (χ0v) is 13.8. The first-order chi connectivity index (χ1) is 11.8. The third-order valence-corrected chi connectivity index (χ3v) is 6.03. The summed E-state index contributed by atoms with van der Waals surface area (Å²) >= 11 is 1.62. The fourth-order valence-electron chi connectivity index (χ4n) is 4.08. The zero-order chi connectivity index (χ0) is 16.3. The summed E-state index contributed by atoms with van der Waals surface area (Å²) in [5.74, 6) is 0.0119. The second-order valence-corrected chi connectivity index (χ2v) is 7.39. The number of Topliss-reactive ketones (excluding diaryl/α,β-unsaturated/α-hetero) is 2. The lowest BCUT2D eigenvalue weighted by Gasteiger charge is -2.32. The normalized spacial score (nSPS) is 22.2. The number of carbonyl (C=O) groups excluding carboxylic acids is 2. The SMILES string of the molecule is O=C1CCCC2=C1[C@H](c1cccs1)C1=C(N2)c2ccccc2C1=O. The second kappa shape index (κ2) is 5.02. The molecule has 118 valence electrons. The predicted octanol–water partition coefficient (Wildman–Crippen LogP) is 4.05. The van der Waals surface area contributed by atoms with Crippen LogP contribution in [0.4, 0.5) is 0 Å². The number of allylic oxidation sites excluding steroid dienone is 3. The standard InChI is InChI=1S/C20H15NO2S/c22-14-8-3-7-13-16(14)17(15-9-4-10-24-15)18-19(21-13)11-5-1-2-6-12(11)20(18)23/h1-2,4-6,9-10,17,21H,3,7-8H2/t17-/m0/s1. The van der Waals surface area contributed by atoms with Crippen molar-refractivity contribution in [1.82, 2.24) is 5.32 Å². The van der Waals surface area contributed by atoms with Crippen molar-refractivity contribution < 1.29 is 9.59 Å². The number of ketones is 2. The number of hydrogen-bond acceptors (Lipinski definition) is 4. The first-order valence-corrected chi connectivity index (χ1v) is 9.08. The maximum Gasteiger partial charge on any atom is 0.192 e. The minimum atomic E-state index is -0.219. The number of hydrogen-bond donors (Lipinski definition) is 1. The molecule has 0 unspecified atom stereocenters. The fraction of sp³-hybridized carbons (Fsp3) is 0.200. The van der Waals surface area contributed by atoms with Crippen LogP contribution in [0.15, 0.2) is 58.6 Å². The van der Waals surface area contributed by atoms with Crippen LogP contribution < -0.4 is 5.32 Å². The van der Waals surface area contributed by atoms with E-state index in [4.69, 9.17) is 0 Å². The lowest BCUT2D eigenvalue weighted by molar-refractivity contribution is -0.116. The van der Waals surface area contributed by atoms with Gasteiger partial charge < -0.3 is 5.32 Å². The molecule has 0 saturated heterocycles. The molecule has 1 aromatic carbocycles. The minimum Gasteiger partial charge on any atom is -0.358 e. The average Bonchev–Trinajstić information content (AvgIpc) is 3.22. The first-order valence-electron chi connectivity index (χ1n) is 8.20. The molecule has 0 radical (unpaired) electrons. The van der Waals surface area contributed by atoms with Crippen molar-refractivity contribution in [3.63, 3.8) is 0 Å². The Bertz CT molecular complexity index is 950. The number of dihydropyridines is 1. The van der Waals surface area contributed by atoms with Crippen LogP contribution in [-0.4, -0.2) is 11.6 Å². The van der Waals surface area contributed by atoms with Crippen molar-refractivity contribution in [1.29, 1.82) is 0 Å². The van der Waals surface area contributed by atoms with Gasteiger partial charge in [0.15, 0.2) is 11.6 Å². The molecule has 1 atom stereocenters. The Balaban J connectivity index is 1.77. The highest BCUT2D eigenvalue weighted by molar-refractivity contribution is 7.10. The number of fused-ring (bicyclic) bond motifs is 2. The quantitative estimate of drug-likeness (QED) is 0.856. The van der Waals surface area contributed by atoms with Crippen LogP contribution in [0.25, 0.3) is 5.70 Å². The molecule has 24 heavy (non-hydrogen) atoms. The maximum absolute atomic E-state index is 13.1. The van der Waals surface area contributed by atoms with Crippen molar-refractivity contribution in [3.8, 4) is 0 Å². The number of nitrogens with one attached hydrogen (secondary N) is 1. The van der Waals surface area contributed by atoms with Gasteiger partial charge in [-0.2, -0.15) is 0 Å². The summed E-state index contributed by atoms with van der Waals surface area (Å²) in [6, 6.07) is 11.7. The van der Waals surface area contributed by atoms with Gasteiger partial charge >= 0.3 is 0 Å². The minimum absolute atomic E-state index is 0.0522. The lowest BCUT2D eigenvalue weighted by atomic mass is 9.77. The molecule has 0 bridgehead atoms. The summed E-state index contributed by atoms with van der Waals surface area (Å²) in [6.45, 7) is 0. The Morgan fingerprint density at radius 2 is 1.79 bits per heavy atom. The maximum atomic E-state index is 13.1. The third kappa shape index (κ3) is 1.77. The molecule has 2 heterocycles. The van der Waals surface area contributed by atoms with Gasteiger partial charge in [-0.15, -0.1) is 11.3 Å². The van der Waals surface area contributed by atoms with Crippen molar-refractivity contribution in [2.24, 2.45) is 0 Å². The summed E-state index contributed by atoms with van der Waals surface area (Å²) in [5, 5.41) is 5.46. The molecule has 0 fully saturated rings. The van der Waals surface area contributed by atoms with Gasteiger partial charge in [0.05, 0.1) is 11.6 Å². The molecular weight excluding hydrogens is 318 g/mol. The Labute approximate surface area is 143 Å². The molecule has 0 spiro atoms. The summed E-state index contributed by atoms with van der Waals surface area (Å²) < 4.78 is 0. The van der Waals surface area contributed by atoms with Crippen LogP contribution in [0.2, 0.25) is 0 Å². The Morgan fingerprint density at radius 3 is 2.58 bits per heavy atom. The van der Waals surface area contributed by atoms with E-state index in [1.165, 1.54) is 0 Å². The molecule has 3 nitrogen and oxygen atoms in total. The molecular formula is C20H15NO2S. The molecule has 1 aliphatic heterocycles. The number of carbonyl (C=O) groups is 2. The molecule has 3 aliphatic rings. The van der Waals surface area contributed by atoms with E-state index in [-0.39, 0.29) is 17.5 Å². The van der Waals surface area contributed by atoms with Gasteiger partial charge in [0.2, 0.25) is 0 Å². The highest BCUT2D eigenvalue weighted by Crippen LogP contribution is 2.49. The smallest absolute Gasteiger partial charge is 0.192 e. The summed E-state index contributed by atoms with van der Waals surface area (Å²) in [5.41, 5.74) is 5.17. The Morgan fingerprint density at radius 1 is 0.958 bits per heavy atom. The average molecular weight is 333 g/mol. The van der Waals surface area contributed by atoms with Gasteiger partial charge in [-0.3, -0.25) is 9.59 Å². The van der Waals surface area contributed by atoms with E-state index in [0.717, 1.165) is 51.4 Å². The molecule has 0 amide bonds. The van der Waals surface area contributed by atoms with E-state index in [0.29, 0.717) is 6.42 Å². The van der Waals surface area contributed by atoms with Gasteiger partial charge in [0, 0.05) is 39.3 Å². The largest absolute Gasteiger partial charge is 0.358 e. The third-order valence-electron chi connectivity index (χ3n) is 5.09. The van der Waals surface area contributed by atoms with Crippen LogP contribution in [-0.2, 0) is 4.79 Å². The molecule has 2 aliphatic carbocycles. The van der Waals surface area contributed by atoms with Crippen molar-refractivity contribution in [2.45, 2.75) is 25.2 Å². The van der Waals surface area contributed by atoms with Crippen molar-refractivity contribution >= 4 is 28.6 Å². The van der Waals surface area contributed by atoms with E-state index in [9.17, 15) is 9.59 Å². The molecule has 2 aromatic rings. The Kier molecular flexibility index (Phi) is 2.91. The summed E-state index contributed by atoms with van der Waals surface area (Å²) in [4.78, 5) is 26.8.